The van der Waals surface area contributed by atoms with Gasteiger partial charge in [0.1, 0.15) is 0 Å². The van der Waals surface area contributed by atoms with Gasteiger partial charge in [-0.1, -0.05) is 13.8 Å². The molecule has 2 aliphatic rings. The van der Waals surface area contributed by atoms with Crippen LogP contribution in [0.4, 0.5) is 0 Å². The Morgan fingerprint density at radius 1 is 1.05 bits per heavy atom. The largest absolute Gasteiger partial charge is 0.381 e. The summed E-state index contributed by atoms with van der Waals surface area (Å²) in [5, 5.41) is 3.42. The monoisotopic (exact) mass is 268 g/mol. The summed E-state index contributed by atoms with van der Waals surface area (Å²) in [4.78, 5) is 2.72. The Bertz CT molecular complexity index is 266. The van der Waals surface area contributed by atoms with Crippen LogP contribution < -0.4 is 5.32 Å². The smallest absolute Gasteiger partial charge is 0.0472 e. The molecule has 0 aromatic carbocycles. The van der Waals surface area contributed by atoms with E-state index in [0.29, 0.717) is 10.8 Å². The second kappa shape index (κ2) is 6.55. The second-order valence-electron chi connectivity index (χ2n) is 7.44. The molecule has 2 saturated heterocycles. The normalized spacial score (nSPS) is 27.9. The first-order chi connectivity index (χ1) is 9.05. The van der Waals surface area contributed by atoms with E-state index in [0.717, 1.165) is 19.8 Å². The van der Waals surface area contributed by atoms with Crippen LogP contribution in [-0.2, 0) is 4.74 Å². The molecule has 0 aromatic rings. The first-order valence-corrected chi connectivity index (χ1v) is 8.00. The van der Waals surface area contributed by atoms with Crippen molar-refractivity contribution in [3.63, 3.8) is 0 Å². The minimum atomic E-state index is 0.446. The van der Waals surface area contributed by atoms with E-state index in [2.05, 4.69) is 31.1 Å². The molecule has 112 valence electrons. The molecule has 3 nitrogen and oxygen atoms in total. The maximum absolute atomic E-state index is 5.57. The second-order valence-corrected chi connectivity index (χ2v) is 7.44. The first kappa shape index (κ1) is 15.3. The van der Waals surface area contributed by atoms with Crippen LogP contribution in [0.15, 0.2) is 0 Å². The van der Waals surface area contributed by atoms with Crippen LogP contribution in [0.2, 0.25) is 0 Å². The molecule has 0 spiro atoms. The van der Waals surface area contributed by atoms with Gasteiger partial charge in [0.2, 0.25) is 0 Å². The molecule has 2 heterocycles. The summed E-state index contributed by atoms with van der Waals surface area (Å²) in [6, 6.07) is 0. The molecule has 0 unspecified atom stereocenters. The van der Waals surface area contributed by atoms with Crippen molar-refractivity contribution in [2.75, 3.05) is 46.4 Å². The van der Waals surface area contributed by atoms with Crippen molar-refractivity contribution >= 4 is 0 Å². The van der Waals surface area contributed by atoms with Crippen LogP contribution in [0, 0.1) is 10.8 Å². The zero-order chi connectivity index (χ0) is 13.8. The third-order valence-corrected chi connectivity index (χ3v) is 5.10. The van der Waals surface area contributed by atoms with Gasteiger partial charge in [0, 0.05) is 26.3 Å². The van der Waals surface area contributed by atoms with Crippen LogP contribution in [-0.4, -0.2) is 51.3 Å². The summed E-state index contributed by atoms with van der Waals surface area (Å²) in [6.45, 7) is 11.7. The van der Waals surface area contributed by atoms with Crippen LogP contribution in [0.25, 0.3) is 0 Å². The lowest BCUT2D eigenvalue weighted by molar-refractivity contribution is -0.00337. The van der Waals surface area contributed by atoms with E-state index in [1.165, 1.54) is 51.7 Å². The average molecular weight is 268 g/mol. The molecule has 2 fully saturated rings. The van der Waals surface area contributed by atoms with E-state index in [9.17, 15) is 0 Å². The average Bonchev–Trinajstić information content (AvgIpc) is 2.52. The van der Waals surface area contributed by atoms with E-state index in [4.69, 9.17) is 4.74 Å². The van der Waals surface area contributed by atoms with Crippen molar-refractivity contribution in [1.29, 1.82) is 0 Å². The van der Waals surface area contributed by atoms with Gasteiger partial charge in [0.25, 0.3) is 0 Å². The van der Waals surface area contributed by atoms with Gasteiger partial charge in [-0.15, -0.1) is 0 Å². The van der Waals surface area contributed by atoms with Crippen molar-refractivity contribution < 1.29 is 4.74 Å². The number of hydrogen-bond donors (Lipinski definition) is 1. The Hall–Kier alpha value is -0.120. The predicted molar refractivity (Wildman–Crippen MR) is 80.5 cm³/mol. The molecule has 0 aromatic heterocycles. The molecule has 0 radical (unpaired) electrons. The van der Waals surface area contributed by atoms with Gasteiger partial charge in [-0.05, 0) is 63.1 Å². The highest BCUT2D eigenvalue weighted by atomic mass is 16.5. The number of hydrogen-bond acceptors (Lipinski definition) is 3. The fourth-order valence-electron chi connectivity index (χ4n) is 3.68. The maximum atomic E-state index is 5.57. The third kappa shape index (κ3) is 4.44. The number of likely N-dealkylation sites (tertiary alicyclic amines) is 1. The highest BCUT2D eigenvalue weighted by Gasteiger charge is 2.35. The molecule has 3 heteroatoms. The highest BCUT2D eigenvalue weighted by Crippen LogP contribution is 2.34. The Kier molecular flexibility index (Phi) is 5.27. The predicted octanol–water partition coefficient (Wildman–Crippen LogP) is 2.51. The van der Waals surface area contributed by atoms with E-state index in [-0.39, 0.29) is 0 Å². The Morgan fingerprint density at radius 2 is 1.79 bits per heavy atom. The zero-order valence-corrected chi connectivity index (χ0v) is 13.1. The molecule has 0 amide bonds. The quantitative estimate of drug-likeness (QED) is 0.848. The first-order valence-electron chi connectivity index (χ1n) is 8.00. The standard InChI is InChI=1S/C16H32N2O/c1-15(2)5-4-9-18(10-6-15)14-16(13-17-3)7-11-19-12-8-16/h17H,4-14H2,1-3H3. The van der Waals surface area contributed by atoms with E-state index >= 15 is 0 Å². The van der Waals surface area contributed by atoms with Gasteiger partial charge in [-0.25, -0.2) is 0 Å². The number of nitrogens with zero attached hydrogens (tertiary/aromatic N) is 1. The van der Waals surface area contributed by atoms with Crippen LogP contribution >= 0.6 is 0 Å². The Balaban J connectivity index is 1.93. The summed E-state index contributed by atoms with van der Waals surface area (Å²) in [5.41, 5.74) is 0.988. The van der Waals surface area contributed by atoms with E-state index in [1.807, 2.05) is 0 Å². The lowest BCUT2D eigenvalue weighted by Crippen LogP contribution is -2.47. The maximum Gasteiger partial charge on any atom is 0.0472 e. The summed E-state index contributed by atoms with van der Waals surface area (Å²) in [7, 11) is 2.09. The Labute approximate surface area is 119 Å². The summed E-state index contributed by atoms with van der Waals surface area (Å²) in [5.74, 6) is 0. The minimum absolute atomic E-state index is 0.446. The van der Waals surface area contributed by atoms with Crippen LogP contribution in [0.1, 0.15) is 46.0 Å². The van der Waals surface area contributed by atoms with Gasteiger partial charge < -0.3 is 15.0 Å². The van der Waals surface area contributed by atoms with Crippen molar-refractivity contribution in [1.82, 2.24) is 10.2 Å². The summed E-state index contributed by atoms with van der Waals surface area (Å²) in [6.07, 6.45) is 6.52. The van der Waals surface area contributed by atoms with Gasteiger partial charge in [0.05, 0.1) is 0 Å². The minimum Gasteiger partial charge on any atom is -0.381 e. The molecule has 0 saturated carbocycles. The van der Waals surface area contributed by atoms with Crippen molar-refractivity contribution in [3.8, 4) is 0 Å². The number of ether oxygens (including phenoxy) is 1. The van der Waals surface area contributed by atoms with Crippen molar-refractivity contribution in [2.45, 2.75) is 46.0 Å². The number of nitrogens with one attached hydrogen (secondary N) is 1. The van der Waals surface area contributed by atoms with E-state index < -0.39 is 0 Å². The summed E-state index contributed by atoms with van der Waals surface area (Å²) < 4.78 is 5.57. The molecule has 0 aliphatic carbocycles. The lowest BCUT2D eigenvalue weighted by atomic mass is 9.79. The molecule has 19 heavy (non-hydrogen) atoms. The van der Waals surface area contributed by atoms with Crippen molar-refractivity contribution in [3.05, 3.63) is 0 Å². The SMILES string of the molecule is CNCC1(CN2CCCC(C)(C)CC2)CCOCC1. The third-order valence-electron chi connectivity index (χ3n) is 5.10. The Morgan fingerprint density at radius 3 is 2.47 bits per heavy atom. The fraction of sp³-hybridized carbons (Fsp3) is 1.00. The molecular weight excluding hydrogens is 236 g/mol. The van der Waals surface area contributed by atoms with Crippen LogP contribution in [0.3, 0.4) is 0 Å². The summed E-state index contributed by atoms with van der Waals surface area (Å²) >= 11 is 0. The molecule has 1 N–H and O–H groups in total. The molecule has 2 rings (SSSR count). The fourth-order valence-corrected chi connectivity index (χ4v) is 3.68. The van der Waals surface area contributed by atoms with E-state index in [1.54, 1.807) is 0 Å². The molecule has 0 atom stereocenters. The topological polar surface area (TPSA) is 24.5 Å². The highest BCUT2D eigenvalue weighted by molar-refractivity contribution is 4.88. The van der Waals surface area contributed by atoms with Gasteiger partial charge >= 0.3 is 0 Å². The van der Waals surface area contributed by atoms with Crippen molar-refractivity contribution in [2.24, 2.45) is 10.8 Å². The van der Waals surface area contributed by atoms with Gasteiger partial charge in [-0.3, -0.25) is 0 Å². The lowest BCUT2D eigenvalue weighted by Gasteiger charge is -2.41. The zero-order valence-electron chi connectivity index (χ0n) is 13.1. The number of rotatable bonds is 4. The molecular formula is C16H32N2O. The van der Waals surface area contributed by atoms with Crippen LogP contribution in [0.5, 0.6) is 0 Å². The molecule has 2 aliphatic heterocycles. The molecule has 0 bridgehead atoms. The van der Waals surface area contributed by atoms with Gasteiger partial charge in [-0.2, -0.15) is 0 Å². The van der Waals surface area contributed by atoms with Gasteiger partial charge in [0.15, 0.2) is 0 Å².